The highest BCUT2D eigenvalue weighted by molar-refractivity contribution is 6.00. The molecule has 1 saturated heterocycles. The summed E-state index contributed by atoms with van der Waals surface area (Å²) >= 11 is 0. The van der Waals surface area contributed by atoms with Crippen molar-refractivity contribution in [3.05, 3.63) is 30.1 Å². The van der Waals surface area contributed by atoms with E-state index in [4.69, 9.17) is 5.11 Å². The van der Waals surface area contributed by atoms with Gasteiger partial charge in [-0.2, -0.15) is 0 Å². The number of aliphatic carboxylic acids is 1. The van der Waals surface area contributed by atoms with Crippen molar-refractivity contribution >= 4 is 23.5 Å². The molecule has 2 fully saturated rings. The lowest BCUT2D eigenvalue weighted by molar-refractivity contribution is -0.144. The number of benzene rings is 1. The van der Waals surface area contributed by atoms with Crippen molar-refractivity contribution < 1.29 is 23.9 Å². The van der Waals surface area contributed by atoms with Gasteiger partial charge in [0.2, 0.25) is 11.8 Å². The largest absolute Gasteiger partial charge is 0.481 e. The number of nitrogens with zero attached hydrogens (tertiary/aromatic N) is 1. The molecule has 1 aromatic carbocycles. The number of amides is 2. The predicted molar refractivity (Wildman–Crippen MR) is 93.0 cm³/mol. The summed E-state index contributed by atoms with van der Waals surface area (Å²) in [4.78, 5) is 37.6. The molecule has 0 aromatic heterocycles. The summed E-state index contributed by atoms with van der Waals surface area (Å²) in [6, 6.07) is 5.46. The molecule has 6 nitrogen and oxygen atoms in total. The van der Waals surface area contributed by atoms with E-state index >= 15 is 0 Å². The molecule has 2 N–H and O–H groups in total. The minimum absolute atomic E-state index is 0.206. The van der Waals surface area contributed by atoms with Crippen molar-refractivity contribution in [3.63, 3.8) is 0 Å². The molecule has 0 radical (unpaired) electrons. The van der Waals surface area contributed by atoms with E-state index in [-0.39, 0.29) is 29.3 Å². The number of anilines is 1. The van der Waals surface area contributed by atoms with Crippen molar-refractivity contribution in [3.8, 4) is 0 Å². The van der Waals surface area contributed by atoms with Gasteiger partial charge in [0, 0.05) is 12.5 Å². The van der Waals surface area contributed by atoms with Crippen LogP contribution in [0.2, 0.25) is 0 Å². The first-order valence-electron chi connectivity index (χ1n) is 9.06. The van der Waals surface area contributed by atoms with E-state index in [0.29, 0.717) is 45.1 Å². The Morgan fingerprint density at radius 2 is 1.73 bits per heavy atom. The smallest absolute Gasteiger partial charge is 0.306 e. The maximum absolute atomic E-state index is 14.0. The molecule has 7 heteroatoms. The fourth-order valence-electron chi connectivity index (χ4n) is 3.81. The molecule has 1 aliphatic heterocycles. The number of halogens is 1. The van der Waals surface area contributed by atoms with E-state index in [1.54, 1.807) is 18.2 Å². The highest BCUT2D eigenvalue weighted by Crippen LogP contribution is 2.30. The molecule has 1 aliphatic carbocycles. The van der Waals surface area contributed by atoms with Gasteiger partial charge < -0.3 is 15.3 Å². The molecule has 0 spiro atoms. The maximum atomic E-state index is 14.0. The number of rotatable bonds is 4. The lowest BCUT2D eigenvalue weighted by Gasteiger charge is -2.34. The van der Waals surface area contributed by atoms with Crippen molar-refractivity contribution in [2.24, 2.45) is 11.8 Å². The number of nitrogens with one attached hydrogen (secondary N) is 1. The first kappa shape index (κ1) is 18.4. The number of piperidine rings is 1. The van der Waals surface area contributed by atoms with Gasteiger partial charge in [0.05, 0.1) is 11.6 Å². The van der Waals surface area contributed by atoms with Gasteiger partial charge in [0.25, 0.3) is 0 Å². The van der Waals surface area contributed by atoms with Crippen LogP contribution in [0.3, 0.4) is 0 Å². The normalized spacial score (nSPS) is 26.4. The van der Waals surface area contributed by atoms with E-state index in [9.17, 15) is 18.8 Å². The molecule has 26 heavy (non-hydrogen) atoms. The van der Waals surface area contributed by atoms with E-state index < -0.39 is 17.8 Å². The quantitative estimate of drug-likeness (QED) is 0.861. The molecular weight excluding hydrogens is 339 g/mol. The summed E-state index contributed by atoms with van der Waals surface area (Å²) in [5, 5.41) is 11.8. The summed E-state index contributed by atoms with van der Waals surface area (Å²) in [6.45, 7) is 0.426. The predicted octanol–water partition coefficient (Wildman–Crippen LogP) is 2.33. The van der Waals surface area contributed by atoms with Crippen LogP contribution in [0.1, 0.15) is 38.5 Å². The van der Waals surface area contributed by atoms with Crippen molar-refractivity contribution in [1.82, 2.24) is 5.32 Å². The van der Waals surface area contributed by atoms with Gasteiger partial charge in [-0.25, -0.2) is 4.39 Å². The van der Waals surface area contributed by atoms with Crippen LogP contribution >= 0.6 is 0 Å². The lowest BCUT2D eigenvalue weighted by atomic mass is 9.81. The van der Waals surface area contributed by atoms with Gasteiger partial charge in [-0.15, -0.1) is 0 Å². The number of para-hydroxylation sites is 1. The summed E-state index contributed by atoms with van der Waals surface area (Å²) < 4.78 is 14.0. The Morgan fingerprint density at radius 1 is 1.08 bits per heavy atom. The van der Waals surface area contributed by atoms with E-state index in [2.05, 4.69) is 5.32 Å². The minimum Gasteiger partial charge on any atom is -0.481 e. The second-order valence-electron chi connectivity index (χ2n) is 7.03. The van der Waals surface area contributed by atoms with E-state index in [1.807, 2.05) is 0 Å². The van der Waals surface area contributed by atoms with Crippen molar-refractivity contribution in [2.75, 3.05) is 11.4 Å². The van der Waals surface area contributed by atoms with Gasteiger partial charge in [0.15, 0.2) is 0 Å². The number of carbonyl (C=O) groups is 3. The van der Waals surface area contributed by atoms with Gasteiger partial charge in [0.1, 0.15) is 11.9 Å². The lowest BCUT2D eigenvalue weighted by Crippen LogP contribution is -2.54. The first-order chi connectivity index (χ1) is 12.5. The highest BCUT2D eigenvalue weighted by atomic mass is 19.1. The molecule has 2 amide bonds. The summed E-state index contributed by atoms with van der Waals surface area (Å²) in [7, 11) is 0. The highest BCUT2D eigenvalue weighted by Gasteiger charge is 2.35. The Kier molecular flexibility index (Phi) is 5.54. The number of carboxylic acid groups (broad SMARTS) is 1. The molecule has 1 aromatic rings. The molecule has 3 rings (SSSR count). The summed E-state index contributed by atoms with van der Waals surface area (Å²) in [5.41, 5.74) is 0.235. The molecule has 1 heterocycles. The van der Waals surface area contributed by atoms with E-state index in [1.165, 1.54) is 11.0 Å². The Balaban J connectivity index is 1.61. The number of hydrogen-bond donors (Lipinski definition) is 2. The van der Waals surface area contributed by atoms with Crippen LogP contribution in [-0.2, 0) is 14.4 Å². The minimum atomic E-state index is -0.813. The maximum Gasteiger partial charge on any atom is 0.306 e. The average Bonchev–Trinajstić information content (AvgIpc) is 2.64. The fourth-order valence-corrected chi connectivity index (χ4v) is 3.81. The zero-order valence-electron chi connectivity index (χ0n) is 14.5. The van der Waals surface area contributed by atoms with Crippen LogP contribution in [0.25, 0.3) is 0 Å². The molecule has 1 saturated carbocycles. The summed E-state index contributed by atoms with van der Waals surface area (Å²) in [6.07, 6.45) is 3.19. The van der Waals surface area contributed by atoms with Crippen LogP contribution < -0.4 is 10.2 Å². The molecule has 1 unspecified atom stereocenters. The number of carboxylic acids is 1. The molecular formula is C19H23FN2O4. The molecule has 2 aliphatic rings. The second kappa shape index (κ2) is 7.85. The zero-order valence-corrected chi connectivity index (χ0v) is 14.5. The van der Waals surface area contributed by atoms with Gasteiger partial charge in [-0.3, -0.25) is 14.4 Å². The SMILES string of the molecule is O=C(O)C1CCC(C(=O)NC2CCCN(c3ccccc3F)C2=O)CC1. The summed E-state index contributed by atoms with van der Waals surface area (Å²) in [5.74, 6) is -2.42. The topological polar surface area (TPSA) is 86.7 Å². The molecule has 1 atom stereocenters. The third-order valence-corrected chi connectivity index (χ3v) is 5.35. The van der Waals surface area contributed by atoms with Crippen LogP contribution in [0.15, 0.2) is 24.3 Å². The standard InChI is InChI=1S/C19H23FN2O4/c20-14-4-1-2-6-16(14)22-11-3-5-15(18(22)24)21-17(23)12-7-9-13(10-8-12)19(25)26/h1-2,4,6,12-13,15H,3,5,7-11H2,(H,21,23)(H,25,26). The van der Waals surface area contributed by atoms with Crippen LogP contribution in [0.4, 0.5) is 10.1 Å². The van der Waals surface area contributed by atoms with Gasteiger partial charge >= 0.3 is 5.97 Å². The monoisotopic (exact) mass is 362 g/mol. The third-order valence-electron chi connectivity index (χ3n) is 5.35. The first-order valence-corrected chi connectivity index (χ1v) is 9.06. The van der Waals surface area contributed by atoms with Gasteiger partial charge in [-0.05, 0) is 50.7 Å². The Morgan fingerprint density at radius 3 is 2.38 bits per heavy atom. The van der Waals surface area contributed by atoms with Gasteiger partial charge in [-0.1, -0.05) is 12.1 Å². The zero-order chi connectivity index (χ0) is 18.7. The third kappa shape index (κ3) is 3.86. The van der Waals surface area contributed by atoms with Crippen molar-refractivity contribution in [1.29, 1.82) is 0 Å². The second-order valence-corrected chi connectivity index (χ2v) is 7.03. The van der Waals surface area contributed by atoms with Crippen LogP contribution in [0.5, 0.6) is 0 Å². The number of hydrogen-bond acceptors (Lipinski definition) is 3. The average molecular weight is 362 g/mol. The Hall–Kier alpha value is -2.44. The number of carbonyl (C=O) groups excluding carboxylic acids is 2. The van der Waals surface area contributed by atoms with Crippen molar-refractivity contribution in [2.45, 2.75) is 44.6 Å². The van der Waals surface area contributed by atoms with E-state index in [0.717, 1.165) is 0 Å². The Bertz CT molecular complexity index is 701. The molecule has 140 valence electrons. The van der Waals surface area contributed by atoms with Crippen LogP contribution in [-0.4, -0.2) is 35.5 Å². The van der Waals surface area contributed by atoms with Crippen LogP contribution in [0, 0.1) is 17.7 Å². The fraction of sp³-hybridized carbons (Fsp3) is 0.526. The Labute approximate surface area is 151 Å². The molecule has 0 bridgehead atoms.